The second-order valence-electron chi connectivity index (χ2n) is 7.34. The highest BCUT2D eigenvalue weighted by Crippen LogP contribution is 2.30. The van der Waals surface area contributed by atoms with Crippen molar-refractivity contribution in [2.24, 2.45) is 5.11 Å². The van der Waals surface area contributed by atoms with Gasteiger partial charge in [-0.2, -0.15) is 0 Å². The van der Waals surface area contributed by atoms with Crippen LogP contribution in [0.1, 0.15) is 43.9 Å². The van der Waals surface area contributed by atoms with Gasteiger partial charge < -0.3 is 19.5 Å². The number of nitrogens with one attached hydrogen (secondary N) is 2. The lowest BCUT2D eigenvalue weighted by atomic mass is 10.2. The van der Waals surface area contributed by atoms with E-state index in [1.807, 2.05) is 0 Å². The Balaban J connectivity index is 1.82. The average molecular weight is 438 g/mol. The van der Waals surface area contributed by atoms with Crippen LogP contribution >= 0.6 is 0 Å². The van der Waals surface area contributed by atoms with Crippen LogP contribution in [0.2, 0.25) is 0 Å². The number of carbonyl (C=O) groups is 1. The van der Waals surface area contributed by atoms with Crippen molar-refractivity contribution >= 4 is 5.91 Å². The van der Waals surface area contributed by atoms with Gasteiger partial charge in [0, 0.05) is 49.7 Å². The predicted octanol–water partition coefficient (Wildman–Crippen LogP) is 1.15. The molecule has 1 saturated heterocycles. The molecule has 0 aromatic carbocycles. The Hall–Kier alpha value is -2.66. The van der Waals surface area contributed by atoms with Crippen LogP contribution < -0.4 is 16.6 Å². The molecule has 2 rings (SSSR count). The van der Waals surface area contributed by atoms with E-state index in [1.54, 1.807) is 14.0 Å². The van der Waals surface area contributed by atoms with Crippen LogP contribution in [0.4, 0.5) is 0 Å². The Morgan fingerprint density at radius 3 is 2.97 bits per heavy atom. The summed E-state index contributed by atoms with van der Waals surface area (Å²) in [6.07, 6.45) is 3.29. The fourth-order valence-electron chi connectivity index (χ4n) is 3.36. The van der Waals surface area contributed by atoms with Gasteiger partial charge in [0.25, 0.3) is 5.56 Å². The third-order valence-corrected chi connectivity index (χ3v) is 4.90. The van der Waals surface area contributed by atoms with Crippen molar-refractivity contribution in [2.45, 2.75) is 57.5 Å². The third-order valence-electron chi connectivity index (χ3n) is 4.90. The first-order valence-electron chi connectivity index (χ1n) is 10.3. The summed E-state index contributed by atoms with van der Waals surface area (Å²) in [6, 6.07) is 0. The van der Waals surface area contributed by atoms with Crippen molar-refractivity contribution in [2.75, 3.05) is 33.4 Å². The molecule has 3 atom stereocenters. The number of carbonyl (C=O) groups excluding carboxylic acids is 1. The predicted molar refractivity (Wildman–Crippen MR) is 112 cm³/mol. The monoisotopic (exact) mass is 438 g/mol. The zero-order valence-corrected chi connectivity index (χ0v) is 17.9. The van der Waals surface area contributed by atoms with E-state index in [9.17, 15) is 14.4 Å². The minimum atomic E-state index is -0.699. The fourth-order valence-corrected chi connectivity index (χ4v) is 3.36. The van der Waals surface area contributed by atoms with E-state index in [0.717, 1.165) is 19.3 Å². The molecule has 1 aliphatic rings. The molecular formula is C19H30N6O6. The van der Waals surface area contributed by atoms with E-state index in [1.165, 1.54) is 10.8 Å². The second-order valence-corrected chi connectivity index (χ2v) is 7.34. The number of amides is 1. The van der Waals surface area contributed by atoms with Gasteiger partial charge in [-0.1, -0.05) is 11.5 Å². The summed E-state index contributed by atoms with van der Waals surface area (Å²) in [4.78, 5) is 40.8. The number of aryl methyl sites for hydroxylation is 1. The third kappa shape index (κ3) is 7.83. The molecule has 2 N–H and O–H groups in total. The minimum Gasteiger partial charge on any atom is -0.382 e. The molecule has 0 bridgehead atoms. The van der Waals surface area contributed by atoms with E-state index >= 15 is 0 Å². The zero-order valence-electron chi connectivity index (χ0n) is 17.9. The van der Waals surface area contributed by atoms with Gasteiger partial charge >= 0.3 is 5.69 Å². The SMILES string of the molecule is COC[C@@H]1C[C@H](OCCNC(=O)CCCCCN=[N+]=[N-])[C@H](n2cc(C)c(=O)[nH]c2=O)O1. The summed E-state index contributed by atoms with van der Waals surface area (Å²) in [7, 11) is 1.56. The number of aromatic nitrogens is 2. The van der Waals surface area contributed by atoms with Gasteiger partial charge in [-0.15, -0.1) is 0 Å². The Kier molecular flexibility index (Phi) is 10.2. The van der Waals surface area contributed by atoms with E-state index in [4.69, 9.17) is 19.7 Å². The number of rotatable bonds is 13. The molecule has 12 nitrogen and oxygen atoms in total. The summed E-state index contributed by atoms with van der Waals surface area (Å²) in [6.45, 7) is 2.99. The quantitative estimate of drug-likeness (QED) is 0.203. The van der Waals surface area contributed by atoms with Crippen LogP contribution in [0.3, 0.4) is 0 Å². The van der Waals surface area contributed by atoms with Crippen LogP contribution in [0, 0.1) is 6.92 Å². The molecule has 2 heterocycles. The van der Waals surface area contributed by atoms with Gasteiger partial charge in [-0.3, -0.25) is 19.1 Å². The summed E-state index contributed by atoms with van der Waals surface area (Å²) in [5, 5.41) is 6.25. The number of hydrogen-bond donors (Lipinski definition) is 2. The van der Waals surface area contributed by atoms with Gasteiger partial charge in [-0.25, -0.2) is 4.79 Å². The number of unbranched alkanes of at least 4 members (excludes halogenated alkanes) is 2. The number of hydrogen-bond acceptors (Lipinski definition) is 7. The van der Waals surface area contributed by atoms with E-state index in [0.29, 0.717) is 38.1 Å². The summed E-state index contributed by atoms with van der Waals surface area (Å²) >= 11 is 0. The van der Waals surface area contributed by atoms with E-state index < -0.39 is 23.6 Å². The topological polar surface area (TPSA) is 160 Å². The lowest BCUT2D eigenvalue weighted by Gasteiger charge is -2.21. The Morgan fingerprint density at radius 1 is 1.42 bits per heavy atom. The van der Waals surface area contributed by atoms with Crippen molar-refractivity contribution in [3.8, 4) is 0 Å². The molecular weight excluding hydrogens is 408 g/mol. The molecule has 12 heteroatoms. The van der Waals surface area contributed by atoms with Gasteiger partial charge in [-0.05, 0) is 25.3 Å². The van der Waals surface area contributed by atoms with Gasteiger partial charge in [0.05, 0.1) is 19.3 Å². The van der Waals surface area contributed by atoms with Crippen LogP contribution in [0.5, 0.6) is 0 Å². The molecule has 31 heavy (non-hydrogen) atoms. The molecule has 1 aliphatic heterocycles. The molecule has 1 amide bonds. The van der Waals surface area contributed by atoms with Crippen molar-refractivity contribution in [3.05, 3.63) is 43.0 Å². The van der Waals surface area contributed by atoms with Crippen molar-refractivity contribution in [3.63, 3.8) is 0 Å². The van der Waals surface area contributed by atoms with Crippen molar-refractivity contribution in [1.82, 2.24) is 14.9 Å². The number of aromatic amines is 1. The number of H-pyrrole nitrogens is 1. The maximum absolute atomic E-state index is 12.3. The number of methoxy groups -OCH3 is 1. The molecule has 172 valence electrons. The van der Waals surface area contributed by atoms with Gasteiger partial charge in [0.15, 0.2) is 6.23 Å². The molecule has 0 aliphatic carbocycles. The summed E-state index contributed by atoms with van der Waals surface area (Å²) in [5.74, 6) is -0.0728. The molecule has 1 aromatic rings. The van der Waals surface area contributed by atoms with Gasteiger partial charge in [0.2, 0.25) is 5.91 Å². The molecule has 1 fully saturated rings. The molecule has 0 radical (unpaired) electrons. The Bertz CT molecular complexity index is 877. The highest BCUT2D eigenvalue weighted by molar-refractivity contribution is 5.75. The van der Waals surface area contributed by atoms with E-state index in [-0.39, 0.29) is 18.6 Å². The Morgan fingerprint density at radius 2 is 2.23 bits per heavy atom. The standard InChI is InChI=1S/C19H30N6O6/c1-13-11-25(19(28)23-17(13)27)18-15(10-14(31-18)12-29-2)30-9-8-21-16(26)6-4-3-5-7-22-24-20/h11,14-15,18H,3-10,12H2,1-2H3,(H,21,26)(H,23,27,28)/t14-,15-,18+/m0/s1. The maximum Gasteiger partial charge on any atom is 0.330 e. The smallest absolute Gasteiger partial charge is 0.330 e. The average Bonchev–Trinajstić information content (AvgIpc) is 3.13. The lowest BCUT2D eigenvalue weighted by molar-refractivity contribution is -0.121. The first kappa shape index (κ1) is 24.6. The van der Waals surface area contributed by atoms with Crippen LogP contribution in [-0.4, -0.2) is 61.1 Å². The molecule has 0 spiro atoms. The number of azide groups is 1. The summed E-state index contributed by atoms with van der Waals surface area (Å²) < 4.78 is 18.3. The van der Waals surface area contributed by atoms with Gasteiger partial charge in [0.1, 0.15) is 6.10 Å². The normalized spacial score (nSPS) is 20.4. The fraction of sp³-hybridized carbons (Fsp3) is 0.737. The van der Waals surface area contributed by atoms with E-state index in [2.05, 4.69) is 20.3 Å². The molecule has 0 unspecified atom stereocenters. The second kappa shape index (κ2) is 12.9. The zero-order chi connectivity index (χ0) is 22.6. The highest BCUT2D eigenvalue weighted by Gasteiger charge is 2.38. The first-order valence-corrected chi connectivity index (χ1v) is 10.3. The maximum atomic E-state index is 12.3. The number of nitrogens with zero attached hydrogens (tertiary/aromatic N) is 4. The lowest BCUT2D eigenvalue weighted by Crippen LogP contribution is -2.37. The Labute approximate surface area is 179 Å². The van der Waals surface area contributed by atoms with Crippen LogP contribution in [0.25, 0.3) is 10.4 Å². The highest BCUT2D eigenvalue weighted by atomic mass is 16.6. The van der Waals surface area contributed by atoms with Crippen LogP contribution in [-0.2, 0) is 19.0 Å². The molecule has 0 saturated carbocycles. The van der Waals surface area contributed by atoms with Crippen molar-refractivity contribution in [1.29, 1.82) is 0 Å². The van der Waals surface area contributed by atoms with Crippen LogP contribution in [0.15, 0.2) is 20.9 Å². The van der Waals surface area contributed by atoms with Crippen molar-refractivity contribution < 1.29 is 19.0 Å². The first-order chi connectivity index (χ1) is 15.0. The minimum absolute atomic E-state index is 0.0728. The summed E-state index contributed by atoms with van der Waals surface area (Å²) in [5.41, 5.74) is 7.59. The largest absolute Gasteiger partial charge is 0.382 e. The number of ether oxygens (including phenoxy) is 3. The molecule has 1 aromatic heterocycles.